The predicted molar refractivity (Wildman–Crippen MR) is 79.5 cm³/mol. The number of nitrogens with zero attached hydrogens (tertiary/aromatic N) is 1. The lowest BCUT2D eigenvalue weighted by atomic mass is 10.2. The topological polar surface area (TPSA) is 12.5 Å². The SMILES string of the molecule is COc1ccc(N(C)C(=S)c2ccccc2)cc1. The molecule has 0 saturated heterocycles. The number of methoxy groups -OCH3 is 1. The van der Waals surface area contributed by atoms with Crippen molar-refractivity contribution in [2.24, 2.45) is 0 Å². The van der Waals surface area contributed by atoms with E-state index < -0.39 is 0 Å². The third-order valence-corrected chi connectivity index (χ3v) is 3.29. The molecule has 0 amide bonds. The van der Waals surface area contributed by atoms with E-state index in [0.717, 1.165) is 22.0 Å². The van der Waals surface area contributed by atoms with Crippen molar-refractivity contribution in [3.63, 3.8) is 0 Å². The Balaban J connectivity index is 2.20. The molecule has 3 heteroatoms. The van der Waals surface area contributed by atoms with Gasteiger partial charge in [0.15, 0.2) is 0 Å². The summed E-state index contributed by atoms with van der Waals surface area (Å²) in [7, 11) is 3.63. The van der Waals surface area contributed by atoms with Crippen molar-refractivity contribution < 1.29 is 4.74 Å². The molecule has 0 heterocycles. The molecule has 2 nitrogen and oxygen atoms in total. The van der Waals surface area contributed by atoms with Gasteiger partial charge in [-0.3, -0.25) is 0 Å². The summed E-state index contributed by atoms with van der Waals surface area (Å²) in [4.78, 5) is 2.80. The van der Waals surface area contributed by atoms with E-state index in [9.17, 15) is 0 Å². The number of hydrogen-bond acceptors (Lipinski definition) is 2. The fourth-order valence-corrected chi connectivity index (χ4v) is 1.94. The zero-order valence-electron chi connectivity index (χ0n) is 10.5. The summed E-state index contributed by atoms with van der Waals surface area (Å²) < 4.78 is 5.14. The monoisotopic (exact) mass is 257 g/mol. The maximum Gasteiger partial charge on any atom is 0.119 e. The fourth-order valence-electron chi connectivity index (χ4n) is 1.70. The van der Waals surface area contributed by atoms with Crippen LogP contribution >= 0.6 is 12.2 Å². The minimum atomic E-state index is 0.806. The number of ether oxygens (including phenoxy) is 1. The average Bonchev–Trinajstić information content (AvgIpc) is 2.47. The number of hydrogen-bond donors (Lipinski definition) is 0. The van der Waals surface area contributed by atoms with E-state index >= 15 is 0 Å². The zero-order valence-corrected chi connectivity index (χ0v) is 11.3. The van der Waals surface area contributed by atoms with Gasteiger partial charge < -0.3 is 9.64 Å². The van der Waals surface area contributed by atoms with Crippen molar-refractivity contribution in [3.05, 3.63) is 60.2 Å². The first-order valence-electron chi connectivity index (χ1n) is 5.69. The Labute approximate surface area is 113 Å². The number of benzene rings is 2. The van der Waals surface area contributed by atoms with Gasteiger partial charge >= 0.3 is 0 Å². The van der Waals surface area contributed by atoms with Crippen LogP contribution in [-0.4, -0.2) is 19.1 Å². The average molecular weight is 257 g/mol. The molecule has 0 unspecified atom stereocenters. The highest BCUT2D eigenvalue weighted by atomic mass is 32.1. The van der Waals surface area contributed by atoms with Crippen LogP contribution in [0.1, 0.15) is 5.56 Å². The first-order chi connectivity index (χ1) is 8.72. The van der Waals surface area contributed by atoms with E-state index in [1.54, 1.807) is 7.11 Å². The Morgan fingerprint density at radius 1 is 1.00 bits per heavy atom. The van der Waals surface area contributed by atoms with Gasteiger partial charge in [-0.2, -0.15) is 0 Å². The molecule has 2 rings (SSSR count). The van der Waals surface area contributed by atoms with E-state index in [1.807, 2.05) is 66.5 Å². The van der Waals surface area contributed by atoms with Crippen LogP contribution in [0.4, 0.5) is 5.69 Å². The van der Waals surface area contributed by atoms with E-state index in [2.05, 4.69) is 0 Å². The molecular weight excluding hydrogens is 242 g/mol. The van der Waals surface area contributed by atoms with Crippen molar-refractivity contribution >= 4 is 22.9 Å². The van der Waals surface area contributed by atoms with Crippen molar-refractivity contribution in [3.8, 4) is 5.75 Å². The van der Waals surface area contributed by atoms with Gasteiger partial charge in [0.2, 0.25) is 0 Å². The molecule has 0 aliphatic rings. The van der Waals surface area contributed by atoms with Crippen molar-refractivity contribution in [1.29, 1.82) is 0 Å². The van der Waals surface area contributed by atoms with Crippen molar-refractivity contribution in [2.45, 2.75) is 0 Å². The summed E-state index contributed by atoms with van der Waals surface area (Å²) >= 11 is 5.48. The Morgan fingerprint density at radius 2 is 1.61 bits per heavy atom. The summed E-state index contributed by atoms with van der Waals surface area (Å²) in [6, 6.07) is 17.8. The molecule has 0 saturated carbocycles. The minimum Gasteiger partial charge on any atom is -0.497 e. The van der Waals surface area contributed by atoms with Crippen LogP contribution in [0.2, 0.25) is 0 Å². The predicted octanol–water partition coefficient (Wildman–Crippen LogP) is 3.51. The summed E-state index contributed by atoms with van der Waals surface area (Å²) in [6.45, 7) is 0. The number of thiocarbonyl (C=S) groups is 1. The van der Waals surface area contributed by atoms with Crippen LogP contribution < -0.4 is 9.64 Å². The smallest absolute Gasteiger partial charge is 0.119 e. The van der Waals surface area contributed by atoms with Crippen LogP contribution in [0.25, 0.3) is 0 Å². The second kappa shape index (κ2) is 5.65. The summed E-state index contributed by atoms with van der Waals surface area (Å²) in [5.41, 5.74) is 2.09. The Kier molecular flexibility index (Phi) is 3.95. The van der Waals surface area contributed by atoms with Crippen LogP contribution in [-0.2, 0) is 0 Å². The lowest BCUT2D eigenvalue weighted by molar-refractivity contribution is 0.415. The first-order valence-corrected chi connectivity index (χ1v) is 6.10. The van der Waals surface area contributed by atoms with Crippen LogP contribution in [0.5, 0.6) is 5.75 Å². The third kappa shape index (κ3) is 2.68. The first kappa shape index (κ1) is 12.6. The van der Waals surface area contributed by atoms with E-state index in [-0.39, 0.29) is 0 Å². The molecule has 2 aromatic carbocycles. The largest absolute Gasteiger partial charge is 0.497 e. The van der Waals surface area contributed by atoms with Crippen molar-refractivity contribution in [1.82, 2.24) is 0 Å². The molecule has 92 valence electrons. The molecule has 0 aliphatic carbocycles. The minimum absolute atomic E-state index is 0.806. The maximum atomic E-state index is 5.48. The highest BCUT2D eigenvalue weighted by molar-refractivity contribution is 7.81. The molecule has 0 spiro atoms. The molecule has 0 N–H and O–H groups in total. The molecule has 0 radical (unpaired) electrons. The van der Waals surface area contributed by atoms with Gasteiger partial charge in [-0.05, 0) is 24.3 Å². The van der Waals surface area contributed by atoms with Crippen LogP contribution in [0.3, 0.4) is 0 Å². The summed E-state index contributed by atoms with van der Waals surface area (Å²) in [6.07, 6.45) is 0. The highest BCUT2D eigenvalue weighted by Gasteiger charge is 2.08. The van der Waals surface area contributed by atoms with Gasteiger partial charge in [0, 0.05) is 18.3 Å². The Bertz CT molecular complexity index is 522. The highest BCUT2D eigenvalue weighted by Crippen LogP contribution is 2.20. The van der Waals surface area contributed by atoms with Gasteiger partial charge in [-0.1, -0.05) is 42.5 Å². The summed E-state index contributed by atoms with van der Waals surface area (Å²) in [5, 5.41) is 0. The van der Waals surface area contributed by atoms with E-state index in [1.165, 1.54) is 0 Å². The standard InChI is InChI=1S/C15H15NOS/c1-16(13-8-10-14(17-2)11-9-13)15(18)12-6-4-3-5-7-12/h3-11H,1-2H3. The molecular formula is C15H15NOS. The number of rotatable bonds is 3. The molecule has 0 atom stereocenters. The Hall–Kier alpha value is -1.87. The van der Waals surface area contributed by atoms with Gasteiger partial charge in [-0.25, -0.2) is 0 Å². The van der Waals surface area contributed by atoms with Gasteiger partial charge in [0.05, 0.1) is 7.11 Å². The van der Waals surface area contributed by atoms with Crippen molar-refractivity contribution in [2.75, 3.05) is 19.1 Å². The van der Waals surface area contributed by atoms with E-state index in [0.29, 0.717) is 0 Å². The van der Waals surface area contributed by atoms with Gasteiger partial charge in [0.25, 0.3) is 0 Å². The third-order valence-electron chi connectivity index (χ3n) is 2.79. The molecule has 0 bridgehead atoms. The maximum absolute atomic E-state index is 5.48. The Morgan fingerprint density at radius 3 is 2.17 bits per heavy atom. The number of anilines is 1. The fraction of sp³-hybridized carbons (Fsp3) is 0.133. The van der Waals surface area contributed by atoms with E-state index in [4.69, 9.17) is 17.0 Å². The molecule has 0 fully saturated rings. The quantitative estimate of drug-likeness (QED) is 0.781. The molecule has 2 aromatic rings. The lowest BCUT2D eigenvalue weighted by Crippen LogP contribution is -2.24. The van der Waals surface area contributed by atoms with Crippen LogP contribution in [0, 0.1) is 0 Å². The van der Waals surface area contributed by atoms with Crippen LogP contribution in [0.15, 0.2) is 54.6 Å². The normalized spacial score (nSPS) is 9.89. The molecule has 0 aromatic heterocycles. The second-order valence-corrected chi connectivity index (χ2v) is 4.31. The second-order valence-electron chi connectivity index (χ2n) is 3.93. The molecule has 18 heavy (non-hydrogen) atoms. The summed E-state index contributed by atoms with van der Waals surface area (Å²) in [5.74, 6) is 0.845. The van der Waals surface area contributed by atoms with Gasteiger partial charge in [-0.15, -0.1) is 0 Å². The molecule has 0 aliphatic heterocycles. The zero-order chi connectivity index (χ0) is 13.0. The lowest BCUT2D eigenvalue weighted by Gasteiger charge is -2.20. The van der Waals surface area contributed by atoms with Gasteiger partial charge in [0.1, 0.15) is 10.7 Å².